The fourth-order valence-electron chi connectivity index (χ4n) is 2.01. The molecule has 0 saturated carbocycles. The number of hydrogen-bond acceptors (Lipinski definition) is 4. The molecule has 0 radical (unpaired) electrons. The lowest BCUT2D eigenvalue weighted by molar-refractivity contribution is -0.385. The van der Waals surface area contributed by atoms with Crippen LogP contribution in [0.4, 0.5) is 5.69 Å². The van der Waals surface area contributed by atoms with Crippen molar-refractivity contribution in [1.82, 2.24) is 9.78 Å². The minimum atomic E-state index is -0.395. The highest BCUT2D eigenvalue weighted by Gasteiger charge is 2.14. The van der Waals surface area contributed by atoms with Crippen LogP contribution in [0.5, 0.6) is 0 Å². The highest BCUT2D eigenvalue weighted by Crippen LogP contribution is 2.21. The SMILES string of the molecule is CCC(=O)c1cnn(Cc2cccc([N+](=O)[O-])c2C)c1. The van der Waals surface area contributed by atoms with Gasteiger partial charge in [-0.15, -0.1) is 0 Å². The highest BCUT2D eigenvalue weighted by molar-refractivity contribution is 5.95. The number of rotatable bonds is 5. The summed E-state index contributed by atoms with van der Waals surface area (Å²) in [5.41, 5.74) is 2.10. The van der Waals surface area contributed by atoms with Gasteiger partial charge in [-0.1, -0.05) is 19.1 Å². The van der Waals surface area contributed by atoms with Gasteiger partial charge in [0.2, 0.25) is 0 Å². The van der Waals surface area contributed by atoms with E-state index < -0.39 is 4.92 Å². The Hall–Kier alpha value is -2.50. The van der Waals surface area contributed by atoms with E-state index >= 15 is 0 Å². The summed E-state index contributed by atoms with van der Waals surface area (Å²) < 4.78 is 1.62. The molecule has 1 aromatic heterocycles. The zero-order chi connectivity index (χ0) is 14.7. The van der Waals surface area contributed by atoms with Crippen LogP contribution >= 0.6 is 0 Å². The molecule has 2 aromatic rings. The second-order valence-electron chi connectivity index (χ2n) is 4.52. The summed E-state index contributed by atoms with van der Waals surface area (Å²) in [5.74, 6) is 0.0343. The van der Waals surface area contributed by atoms with Crippen molar-refractivity contribution in [2.75, 3.05) is 0 Å². The maximum atomic E-state index is 11.5. The van der Waals surface area contributed by atoms with Gasteiger partial charge >= 0.3 is 0 Å². The van der Waals surface area contributed by atoms with Gasteiger partial charge in [-0.05, 0) is 12.5 Å². The molecule has 0 spiro atoms. The summed E-state index contributed by atoms with van der Waals surface area (Å²) in [6, 6.07) is 4.96. The Balaban J connectivity index is 2.26. The predicted octanol–water partition coefficient (Wildman–Crippen LogP) is 2.74. The molecule has 1 heterocycles. The summed E-state index contributed by atoms with van der Waals surface area (Å²) in [4.78, 5) is 22.0. The molecular weight excluding hydrogens is 258 g/mol. The quantitative estimate of drug-likeness (QED) is 0.476. The first-order chi connectivity index (χ1) is 9.52. The molecule has 0 saturated heterocycles. The van der Waals surface area contributed by atoms with Crippen LogP contribution in [0.3, 0.4) is 0 Å². The Labute approximate surface area is 116 Å². The number of ketones is 1. The van der Waals surface area contributed by atoms with Crippen molar-refractivity contribution in [2.45, 2.75) is 26.8 Å². The molecule has 0 aliphatic heterocycles. The number of nitro groups is 1. The van der Waals surface area contributed by atoms with Crippen LogP contribution < -0.4 is 0 Å². The van der Waals surface area contributed by atoms with E-state index in [1.807, 2.05) is 6.07 Å². The molecule has 104 valence electrons. The number of aromatic nitrogens is 2. The summed E-state index contributed by atoms with van der Waals surface area (Å²) in [7, 11) is 0. The van der Waals surface area contributed by atoms with Crippen molar-refractivity contribution in [3.63, 3.8) is 0 Å². The molecule has 6 heteroatoms. The third-order valence-corrected chi connectivity index (χ3v) is 3.22. The minimum absolute atomic E-state index is 0.0343. The largest absolute Gasteiger partial charge is 0.294 e. The van der Waals surface area contributed by atoms with Crippen molar-refractivity contribution >= 4 is 11.5 Å². The summed E-state index contributed by atoms with van der Waals surface area (Å²) >= 11 is 0. The van der Waals surface area contributed by atoms with Crippen LogP contribution in [0.2, 0.25) is 0 Å². The third-order valence-electron chi connectivity index (χ3n) is 3.22. The smallest absolute Gasteiger partial charge is 0.272 e. The molecule has 6 nitrogen and oxygen atoms in total. The van der Waals surface area contributed by atoms with Crippen LogP contribution in [0.25, 0.3) is 0 Å². The van der Waals surface area contributed by atoms with Gasteiger partial charge in [-0.25, -0.2) is 0 Å². The van der Waals surface area contributed by atoms with Gasteiger partial charge in [-0.2, -0.15) is 5.10 Å². The molecule has 0 amide bonds. The number of hydrogen-bond donors (Lipinski definition) is 0. The zero-order valence-electron chi connectivity index (χ0n) is 11.4. The monoisotopic (exact) mass is 273 g/mol. The molecule has 1 aromatic carbocycles. The first-order valence-corrected chi connectivity index (χ1v) is 6.31. The molecule has 0 N–H and O–H groups in total. The van der Waals surface area contributed by atoms with Crippen LogP contribution in [0.15, 0.2) is 30.6 Å². The summed E-state index contributed by atoms with van der Waals surface area (Å²) in [6.07, 6.45) is 3.63. The van der Waals surface area contributed by atoms with Gasteiger partial charge in [0.25, 0.3) is 5.69 Å². The predicted molar refractivity (Wildman–Crippen MR) is 73.8 cm³/mol. The number of carbonyl (C=O) groups excluding carboxylic acids is 1. The third kappa shape index (κ3) is 2.74. The van der Waals surface area contributed by atoms with Crippen molar-refractivity contribution in [3.8, 4) is 0 Å². The van der Waals surface area contributed by atoms with E-state index in [9.17, 15) is 14.9 Å². The molecule has 2 rings (SSSR count). The molecule has 0 aliphatic rings. The zero-order valence-corrected chi connectivity index (χ0v) is 11.4. The van der Waals surface area contributed by atoms with Crippen molar-refractivity contribution in [2.24, 2.45) is 0 Å². The van der Waals surface area contributed by atoms with Crippen molar-refractivity contribution in [3.05, 3.63) is 57.4 Å². The maximum Gasteiger partial charge on any atom is 0.272 e. The number of carbonyl (C=O) groups is 1. The second-order valence-corrected chi connectivity index (χ2v) is 4.52. The van der Waals surface area contributed by atoms with Crippen molar-refractivity contribution in [1.29, 1.82) is 0 Å². The van der Waals surface area contributed by atoms with Crippen LogP contribution in [0.1, 0.15) is 34.8 Å². The van der Waals surface area contributed by atoms with Crippen LogP contribution in [0, 0.1) is 17.0 Å². The molecule has 0 fully saturated rings. The molecule has 0 bridgehead atoms. The Morgan fingerprint density at radius 2 is 2.20 bits per heavy atom. The summed E-state index contributed by atoms with van der Waals surface area (Å²) in [6.45, 7) is 3.92. The topological polar surface area (TPSA) is 78.0 Å². The Morgan fingerprint density at radius 3 is 2.85 bits per heavy atom. The van der Waals surface area contributed by atoms with Gasteiger partial charge in [0, 0.05) is 24.2 Å². The van der Waals surface area contributed by atoms with E-state index in [1.165, 1.54) is 12.3 Å². The number of benzene rings is 1. The molecular formula is C14H15N3O3. The normalized spacial score (nSPS) is 10.5. The van der Waals surface area contributed by atoms with E-state index in [1.54, 1.807) is 30.8 Å². The van der Waals surface area contributed by atoms with Crippen molar-refractivity contribution < 1.29 is 9.72 Å². The van der Waals surface area contributed by atoms with Gasteiger partial charge in [0.05, 0.1) is 23.2 Å². The Bertz CT molecular complexity index is 661. The lowest BCUT2D eigenvalue weighted by atomic mass is 10.1. The first-order valence-electron chi connectivity index (χ1n) is 6.31. The number of nitro benzene ring substituents is 1. The average Bonchev–Trinajstić information content (AvgIpc) is 2.88. The molecule has 20 heavy (non-hydrogen) atoms. The maximum absolute atomic E-state index is 11.5. The lowest BCUT2D eigenvalue weighted by Gasteiger charge is -2.06. The van der Waals surface area contributed by atoms with E-state index in [0.29, 0.717) is 24.1 Å². The Morgan fingerprint density at radius 1 is 1.45 bits per heavy atom. The van der Waals surface area contributed by atoms with Gasteiger partial charge < -0.3 is 0 Å². The van der Waals surface area contributed by atoms with Gasteiger partial charge in [-0.3, -0.25) is 19.6 Å². The van der Waals surface area contributed by atoms with E-state index in [4.69, 9.17) is 0 Å². The van der Waals surface area contributed by atoms with Crippen LogP contribution in [-0.2, 0) is 6.54 Å². The summed E-state index contributed by atoms with van der Waals surface area (Å²) in [5, 5.41) is 15.0. The lowest BCUT2D eigenvalue weighted by Crippen LogP contribution is -2.04. The van der Waals surface area contributed by atoms with Crippen LogP contribution in [-0.4, -0.2) is 20.5 Å². The highest BCUT2D eigenvalue weighted by atomic mass is 16.6. The van der Waals surface area contributed by atoms with Gasteiger partial charge in [0.15, 0.2) is 5.78 Å². The van der Waals surface area contributed by atoms with E-state index in [0.717, 1.165) is 5.56 Å². The number of Topliss-reactive ketones (excluding diaryl/α,β-unsaturated/α-hetero) is 1. The van der Waals surface area contributed by atoms with Gasteiger partial charge in [0.1, 0.15) is 0 Å². The fraction of sp³-hybridized carbons (Fsp3) is 0.286. The molecule has 0 atom stereocenters. The fourth-order valence-corrected chi connectivity index (χ4v) is 2.01. The standard InChI is InChI=1S/C14H15N3O3/c1-3-14(18)12-7-15-16(9-12)8-11-5-4-6-13(10(11)2)17(19)20/h4-7,9H,3,8H2,1-2H3. The Kier molecular flexibility index (Phi) is 3.93. The second kappa shape index (κ2) is 5.64. The van der Waals surface area contributed by atoms with E-state index in [-0.39, 0.29) is 11.5 Å². The minimum Gasteiger partial charge on any atom is -0.294 e. The average molecular weight is 273 g/mol. The first kappa shape index (κ1) is 13.9. The molecule has 0 unspecified atom stereocenters. The molecule has 0 aliphatic carbocycles. The number of nitrogens with zero attached hydrogens (tertiary/aromatic N) is 3. The van der Waals surface area contributed by atoms with E-state index in [2.05, 4.69) is 5.10 Å².